The fourth-order valence-corrected chi connectivity index (χ4v) is 7.61. The van der Waals surface area contributed by atoms with Gasteiger partial charge in [0.1, 0.15) is 0 Å². The first-order valence-electron chi connectivity index (χ1n) is 23.0. The Kier molecular flexibility index (Phi) is 34.9. The average Bonchev–Trinajstić information content (AvgIpc) is 3.11. The van der Waals surface area contributed by atoms with Crippen molar-refractivity contribution in [3.63, 3.8) is 0 Å². The zero-order valence-corrected chi connectivity index (χ0v) is 35.4. The molecule has 0 aliphatic rings. The van der Waals surface area contributed by atoms with Gasteiger partial charge in [-0.3, -0.25) is 0 Å². The highest BCUT2D eigenvalue weighted by molar-refractivity contribution is 4.83. The van der Waals surface area contributed by atoms with Crippen LogP contribution in [0.5, 0.6) is 0 Å². The summed E-state index contributed by atoms with van der Waals surface area (Å²) < 4.78 is 22.9. The van der Waals surface area contributed by atoms with Crippen molar-refractivity contribution in [3.05, 3.63) is 0 Å². The van der Waals surface area contributed by atoms with Crippen LogP contribution in [0, 0.1) is 0 Å². The molecule has 0 amide bonds. The van der Waals surface area contributed by atoms with Crippen molar-refractivity contribution in [3.8, 4) is 0 Å². The first kappa shape index (κ1) is 48.9. The molecular weight excluding hydrogens is 601 g/mol. The number of hydrogen-bond donors (Lipinski definition) is 0. The smallest absolute Gasteiger partial charge is 0.172 e. The highest BCUT2D eigenvalue weighted by atomic mass is 16.8. The lowest BCUT2D eigenvalue weighted by Crippen LogP contribution is -2.51. The third-order valence-electron chi connectivity index (χ3n) is 10.9. The van der Waals surface area contributed by atoms with Crippen LogP contribution in [-0.2, 0) is 14.2 Å². The molecule has 0 heterocycles. The van der Waals surface area contributed by atoms with Gasteiger partial charge in [0.25, 0.3) is 0 Å². The monoisotopic (exact) mass is 695 g/mol. The molecule has 4 unspecified atom stereocenters. The Labute approximate surface area is 311 Å². The van der Waals surface area contributed by atoms with Crippen molar-refractivity contribution in [1.29, 1.82) is 0 Å². The largest absolute Gasteiger partial charge is 0.347 e. The predicted octanol–water partition coefficient (Wildman–Crippen LogP) is 16.6. The maximum absolute atomic E-state index is 7.87. The zero-order valence-electron chi connectivity index (χ0n) is 35.4. The topological polar surface area (TPSA) is 27.7 Å². The van der Waals surface area contributed by atoms with Crippen molar-refractivity contribution >= 4 is 0 Å². The molecule has 0 radical (unpaired) electrons. The molecule has 0 rings (SSSR count). The normalized spacial score (nSPS) is 15.7. The van der Waals surface area contributed by atoms with Crippen LogP contribution in [0.15, 0.2) is 0 Å². The van der Waals surface area contributed by atoms with Crippen LogP contribution >= 0.6 is 0 Å². The third kappa shape index (κ3) is 26.3. The number of hydrogen-bond acceptors (Lipinski definition) is 3. The Hall–Kier alpha value is -0.120. The van der Waals surface area contributed by atoms with Gasteiger partial charge < -0.3 is 14.2 Å². The minimum absolute atomic E-state index is 0.261. The Morgan fingerprint density at radius 2 is 0.551 bits per heavy atom. The molecule has 3 heteroatoms. The second kappa shape index (κ2) is 34.9. The van der Waals surface area contributed by atoms with Gasteiger partial charge in [-0.1, -0.05) is 197 Å². The average molecular weight is 695 g/mol. The summed E-state index contributed by atoms with van der Waals surface area (Å²) in [5.74, 6) is -1.11. The highest BCUT2D eigenvalue weighted by Gasteiger charge is 2.45. The van der Waals surface area contributed by atoms with E-state index in [4.69, 9.17) is 14.2 Å². The molecule has 0 aromatic rings. The first-order chi connectivity index (χ1) is 23.9. The van der Waals surface area contributed by atoms with Gasteiger partial charge in [-0.05, 0) is 51.4 Å². The van der Waals surface area contributed by atoms with Crippen molar-refractivity contribution in [2.45, 2.75) is 297 Å². The van der Waals surface area contributed by atoms with E-state index in [1.807, 2.05) is 0 Å². The van der Waals surface area contributed by atoms with Gasteiger partial charge in [-0.25, -0.2) is 0 Å². The van der Waals surface area contributed by atoms with Crippen LogP contribution < -0.4 is 0 Å². The van der Waals surface area contributed by atoms with Gasteiger partial charge in [0.05, 0.1) is 12.2 Å². The number of ether oxygens (including phenoxy) is 3. The molecule has 4 atom stereocenters. The van der Waals surface area contributed by atoms with E-state index < -0.39 is 11.6 Å². The Morgan fingerprint density at radius 3 is 0.816 bits per heavy atom. The lowest BCUT2D eigenvalue weighted by atomic mass is 9.94. The molecule has 0 saturated carbocycles. The van der Waals surface area contributed by atoms with Crippen LogP contribution in [0.25, 0.3) is 0 Å². The quantitative estimate of drug-likeness (QED) is 0.0472. The van der Waals surface area contributed by atoms with Gasteiger partial charge in [0, 0.05) is 25.7 Å². The second-order valence-electron chi connectivity index (χ2n) is 15.9. The van der Waals surface area contributed by atoms with E-state index in [0.29, 0.717) is 0 Å². The van der Waals surface area contributed by atoms with Gasteiger partial charge in [0.15, 0.2) is 11.6 Å². The Morgan fingerprint density at radius 1 is 0.306 bits per heavy atom. The fraction of sp³-hybridized carbons (Fsp3) is 1.00. The van der Waals surface area contributed by atoms with Crippen LogP contribution in [0.4, 0.5) is 0 Å². The van der Waals surface area contributed by atoms with E-state index in [-0.39, 0.29) is 12.2 Å². The van der Waals surface area contributed by atoms with Crippen molar-refractivity contribution in [2.24, 2.45) is 0 Å². The minimum Gasteiger partial charge on any atom is -0.347 e. The van der Waals surface area contributed by atoms with Gasteiger partial charge >= 0.3 is 0 Å². The highest BCUT2D eigenvalue weighted by Crippen LogP contribution is 2.42. The van der Waals surface area contributed by atoms with E-state index in [1.165, 1.54) is 167 Å². The summed E-state index contributed by atoms with van der Waals surface area (Å²) in [7, 11) is 0. The summed E-state index contributed by atoms with van der Waals surface area (Å²) in [6.07, 6.45) is 42.2. The molecule has 3 nitrogen and oxygen atoms in total. The summed E-state index contributed by atoms with van der Waals surface area (Å²) in [5.41, 5.74) is 0. The number of rotatable bonds is 40. The molecule has 49 heavy (non-hydrogen) atoms. The van der Waals surface area contributed by atoms with Crippen LogP contribution in [-0.4, -0.2) is 23.8 Å². The van der Waals surface area contributed by atoms with Crippen molar-refractivity contribution in [1.82, 2.24) is 0 Å². The SMILES string of the molecule is CCCCCCCC(CCCCCC)(OC(CC)CCCCCC)OC(CCCCCC)(CCCCCCC)OC(CC)CCCCCC. The summed E-state index contributed by atoms with van der Waals surface area (Å²) in [6.45, 7) is 18.6. The van der Waals surface area contributed by atoms with E-state index in [1.54, 1.807) is 0 Å². The zero-order chi connectivity index (χ0) is 36.3. The standard InChI is InChI=1S/C46H94O3/c1-9-17-23-29-35-41-45(39-33-27-21-13-5,47-43(15-7)37-31-25-19-11-3)49-46(40-34-28-22-14-6,42-36-30-24-18-10-2)48-44(16-8)38-32-26-20-12-4/h43-44H,9-42H2,1-8H3. The van der Waals surface area contributed by atoms with E-state index >= 15 is 0 Å². The van der Waals surface area contributed by atoms with Crippen molar-refractivity contribution < 1.29 is 14.2 Å². The maximum atomic E-state index is 7.87. The van der Waals surface area contributed by atoms with Crippen LogP contribution in [0.1, 0.15) is 274 Å². The summed E-state index contributed by atoms with van der Waals surface area (Å²) in [5, 5.41) is 0. The molecule has 0 spiro atoms. The summed E-state index contributed by atoms with van der Waals surface area (Å²) in [4.78, 5) is 0. The molecule has 296 valence electrons. The lowest BCUT2D eigenvalue weighted by Gasteiger charge is -2.47. The molecule has 0 saturated heterocycles. The molecule has 0 fully saturated rings. The maximum Gasteiger partial charge on any atom is 0.172 e. The molecule has 0 aliphatic heterocycles. The lowest BCUT2D eigenvalue weighted by molar-refractivity contribution is -0.387. The molecule has 0 N–H and O–H groups in total. The summed E-state index contributed by atoms with van der Waals surface area (Å²) in [6, 6.07) is 0. The molecule has 0 aromatic carbocycles. The van der Waals surface area contributed by atoms with E-state index in [2.05, 4.69) is 55.4 Å². The van der Waals surface area contributed by atoms with Gasteiger partial charge in [-0.15, -0.1) is 0 Å². The molecular formula is C46H94O3. The minimum atomic E-state index is -0.555. The Bertz CT molecular complexity index is 598. The molecule has 0 bridgehead atoms. The van der Waals surface area contributed by atoms with Gasteiger partial charge in [-0.2, -0.15) is 0 Å². The van der Waals surface area contributed by atoms with Crippen LogP contribution in [0.2, 0.25) is 0 Å². The second-order valence-corrected chi connectivity index (χ2v) is 15.9. The summed E-state index contributed by atoms with van der Waals surface area (Å²) >= 11 is 0. The number of unbranched alkanes of at least 4 members (excludes halogenated alkanes) is 20. The third-order valence-corrected chi connectivity index (χ3v) is 10.9. The van der Waals surface area contributed by atoms with Gasteiger partial charge in [0.2, 0.25) is 0 Å². The predicted molar refractivity (Wildman–Crippen MR) is 219 cm³/mol. The fourth-order valence-electron chi connectivity index (χ4n) is 7.61. The molecule has 0 aliphatic carbocycles. The Balaban J connectivity index is 6.79. The first-order valence-corrected chi connectivity index (χ1v) is 23.0. The van der Waals surface area contributed by atoms with Crippen molar-refractivity contribution in [2.75, 3.05) is 0 Å². The van der Waals surface area contributed by atoms with E-state index in [9.17, 15) is 0 Å². The van der Waals surface area contributed by atoms with Crippen LogP contribution in [0.3, 0.4) is 0 Å². The van der Waals surface area contributed by atoms with E-state index in [0.717, 1.165) is 51.4 Å². The molecule has 0 aromatic heterocycles.